The Morgan fingerprint density at radius 1 is 1.08 bits per heavy atom. The van der Waals surface area contributed by atoms with Crippen molar-refractivity contribution in [2.24, 2.45) is 56.5 Å². The van der Waals surface area contributed by atoms with E-state index in [4.69, 9.17) is 5.73 Å². The molecule has 3 fully saturated rings. The van der Waals surface area contributed by atoms with Crippen LogP contribution in [0.15, 0.2) is 23.8 Å². The molecule has 4 heteroatoms. The number of nitrogens with two attached hydrogens (primary N) is 1. The highest BCUT2D eigenvalue weighted by molar-refractivity contribution is 6.04. The predicted molar refractivity (Wildman–Crippen MR) is 144 cm³/mol. The average molecular weight is 493 g/mol. The number of nitriles is 1. The van der Waals surface area contributed by atoms with Crippen LogP contribution in [0.2, 0.25) is 0 Å². The second-order valence-electron chi connectivity index (χ2n) is 14.4. The largest absolute Gasteiger partial charge is 0.369 e. The van der Waals surface area contributed by atoms with Gasteiger partial charge in [0.2, 0.25) is 5.91 Å². The Hall–Kier alpha value is -1.89. The molecule has 0 saturated heterocycles. The number of Topliss-reactive ketones (excluding diaryl/α,β-unsaturated/α-hetero) is 1. The van der Waals surface area contributed by atoms with E-state index in [9.17, 15) is 14.9 Å². The van der Waals surface area contributed by atoms with Crippen LogP contribution in [0.4, 0.5) is 0 Å². The van der Waals surface area contributed by atoms with Crippen LogP contribution in [0.3, 0.4) is 0 Å². The van der Waals surface area contributed by atoms with Crippen LogP contribution < -0.4 is 5.73 Å². The Kier molecular flexibility index (Phi) is 6.46. The van der Waals surface area contributed by atoms with Gasteiger partial charge in [-0.2, -0.15) is 5.26 Å². The zero-order chi connectivity index (χ0) is 26.9. The Bertz CT molecular complexity index is 1050. The average Bonchev–Trinajstić information content (AvgIpc) is 3.14. The van der Waals surface area contributed by atoms with Gasteiger partial charge in [0.25, 0.3) is 0 Å². The number of allylic oxidation sites excluding steroid dienone is 3. The summed E-state index contributed by atoms with van der Waals surface area (Å²) in [7, 11) is 0. The maximum atomic E-state index is 13.2. The first kappa shape index (κ1) is 27.2. The number of hydrogen-bond donors (Lipinski definition) is 1. The number of carbonyl (C=O) groups is 2. The van der Waals surface area contributed by atoms with Gasteiger partial charge in [0.05, 0.1) is 11.0 Å². The minimum absolute atomic E-state index is 0.0142. The van der Waals surface area contributed by atoms with Crippen LogP contribution in [0.1, 0.15) is 106 Å². The smallest absolute Gasteiger partial charge is 0.223 e. The van der Waals surface area contributed by atoms with Crippen molar-refractivity contribution in [2.75, 3.05) is 0 Å². The summed E-state index contributed by atoms with van der Waals surface area (Å²) in [6.45, 7) is 19.9. The van der Waals surface area contributed by atoms with Gasteiger partial charge in [0, 0.05) is 5.41 Å². The molecule has 1 amide bonds. The third-order valence-corrected chi connectivity index (χ3v) is 12.7. The van der Waals surface area contributed by atoms with E-state index in [0.717, 1.165) is 57.8 Å². The fourth-order valence-corrected chi connectivity index (χ4v) is 10.2. The van der Waals surface area contributed by atoms with Crippen LogP contribution >= 0.6 is 0 Å². The molecule has 198 valence electrons. The number of fused-ring (bicyclic) bond motifs is 3. The Morgan fingerprint density at radius 2 is 1.75 bits per heavy atom. The minimum Gasteiger partial charge on any atom is -0.369 e. The zero-order valence-electron chi connectivity index (χ0n) is 23.8. The number of rotatable bonds is 5. The molecule has 2 N–H and O–H groups in total. The van der Waals surface area contributed by atoms with Crippen LogP contribution in [-0.2, 0) is 9.59 Å². The number of hydrogen-bond acceptors (Lipinski definition) is 3. The summed E-state index contributed by atoms with van der Waals surface area (Å²) in [6.07, 6.45) is 11.3. The molecule has 0 aromatic rings. The molecule has 4 aliphatic carbocycles. The molecule has 3 saturated carbocycles. The van der Waals surface area contributed by atoms with Gasteiger partial charge in [0.15, 0.2) is 5.78 Å². The monoisotopic (exact) mass is 492 g/mol. The van der Waals surface area contributed by atoms with Gasteiger partial charge in [-0.15, -0.1) is 0 Å². The standard InChI is InChI=1S/C32H48N2O2/c1-20(2)23-11-15-32(21(23)3,27(34)36)17-16-29(6)13-9-10-25-30(7)18-22(19-33)26(35)28(4,5)24(30)12-14-31(25,29)8/h18,21,23-25H,1,9-17H2,2-8H3,(H2,34,36). The zero-order valence-corrected chi connectivity index (χ0v) is 23.8. The number of primary amides is 1. The van der Waals surface area contributed by atoms with Crippen LogP contribution in [0.25, 0.3) is 0 Å². The van der Waals surface area contributed by atoms with E-state index < -0.39 is 10.8 Å². The van der Waals surface area contributed by atoms with Crippen LogP contribution in [0.5, 0.6) is 0 Å². The lowest BCUT2D eigenvalue weighted by atomic mass is 9.37. The van der Waals surface area contributed by atoms with Crippen LogP contribution in [0, 0.1) is 62.1 Å². The highest BCUT2D eigenvalue weighted by Crippen LogP contribution is 2.71. The molecule has 8 atom stereocenters. The Morgan fingerprint density at radius 3 is 2.31 bits per heavy atom. The molecular formula is C32H48N2O2. The molecular weight excluding hydrogens is 444 g/mol. The van der Waals surface area contributed by atoms with E-state index in [0.29, 0.717) is 17.4 Å². The third-order valence-electron chi connectivity index (χ3n) is 12.7. The van der Waals surface area contributed by atoms with Crippen molar-refractivity contribution in [2.45, 2.75) is 106 Å². The predicted octanol–water partition coefficient (Wildman–Crippen LogP) is 7.15. The van der Waals surface area contributed by atoms with Gasteiger partial charge in [0.1, 0.15) is 6.07 Å². The van der Waals surface area contributed by atoms with E-state index >= 15 is 0 Å². The maximum absolute atomic E-state index is 13.2. The highest BCUT2D eigenvalue weighted by atomic mass is 16.1. The molecule has 4 aliphatic rings. The summed E-state index contributed by atoms with van der Waals surface area (Å²) in [5.74, 6) is 1.13. The van der Waals surface area contributed by atoms with Gasteiger partial charge in [-0.3, -0.25) is 9.59 Å². The van der Waals surface area contributed by atoms with E-state index in [2.05, 4.69) is 67.2 Å². The van der Waals surface area contributed by atoms with Gasteiger partial charge >= 0.3 is 0 Å². The first-order valence-corrected chi connectivity index (χ1v) is 14.2. The lowest BCUT2D eigenvalue weighted by Gasteiger charge is -2.67. The van der Waals surface area contributed by atoms with Crippen molar-refractivity contribution in [3.05, 3.63) is 23.8 Å². The molecule has 0 aromatic carbocycles. The molecule has 0 heterocycles. The summed E-state index contributed by atoms with van der Waals surface area (Å²) in [5.41, 5.74) is 6.69. The quantitative estimate of drug-likeness (QED) is 0.414. The molecule has 4 rings (SSSR count). The SMILES string of the molecule is C=C(C)C1CCC(CCC2(C)CCCC3C4(C)C=C(C#N)C(=O)C(C)(C)C4CCC32C)(C(N)=O)C1C. The van der Waals surface area contributed by atoms with E-state index in [-0.39, 0.29) is 39.8 Å². The molecule has 0 bridgehead atoms. The lowest BCUT2D eigenvalue weighted by Crippen LogP contribution is -2.61. The van der Waals surface area contributed by atoms with Crippen molar-refractivity contribution in [1.29, 1.82) is 5.26 Å². The van der Waals surface area contributed by atoms with Gasteiger partial charge < -0.3 is 5.73 Å². The summed E-state index contributed by atoms with van der Waals surface area (Å²) in [5, 5.41) is 9.84. The molecule has 0 spiro atoms. The van der Waals surface area contributed by atoms with Crippen LogP contribution in [-0.4, -0.2) is 11.7 Å². The van der Waals surface area contributed by atoms with E-state index in [1.54, 1.807) is 0 Å². The third kappa shape index (κ3) is 3.51. The topological polar surface area (TPSA) is 83.9 Å². The highest BCUT2D eigenvalue weighted by Gasteiger charge is 2.65. The summed E-state index contributed by atoms with van der Waals surface area (Å²) in [4.78, 5) is 26.1. The molecule has 36 heavy (non-hydrogen) atoms. The van der Waals surface area contributed by atoms with Crippen molar-refractivity contribution < 1.29 is 9.59 Å². The summed E-state index contributed by atoms with van der Waals surface area (Å²) >= 11 is 0. The fraction of sp³-hybridized carbons (Fsp3) is 0.781. The summed E-state index contributed by atoms with van der Waals surface area (Å²) < 4.78 is 0. The number of amides is 1. The number of nitrogens with zero attached hydrogens (tertiary/aromatic N) is 1. The van der Waals surface area contributed by atoms with Gasteiger partial charge in [-0.1, -0.05) is 66.2 Å². The number of carbonyl (C=O) groups excluding carboxylic acids is 2. The second-order valence-corrected chi connectivity index (χ2v) is 14.4. The molecule has 4 nitrogen and oxygen atoms in total. The first-order valence-electron chi connectivity index (χ1n) is 14.2. The van der Waals surface area contributed by atoms with Crippen molar-refractivity contribution in [3.63, 3.8) is 0 Å². The van der Waals surface area contributed by atoms with Crippen molar-refractivity contribution in [1.82, 2.24) is 0 Å². The maximum Gasteiger partial charge on any atom is 0.223 e. The molecule has 0 aromatic heterocycles. The van der Waals surface area contributed by atoms with E-state index in [1.807, 2.05) is 0 Å². The second kappa shape index (κ2) is 8.57. The molecule has 8 unspecified atom stereocenters. The van der Waals surface area contributed by atoms with Crippen molar-refractivity contribution >= 4 is 11.7 Å². The molecule has 0 aliphatic heterocycles. The van der Waals surface area contributed by atoms with Gasteiger partial charge in [-0.05, 0) is 98.2 Å². The van der Waals surface area contributed by atoms with E-state index in [1.165, 1.54) is 5.57 Å². The Balaban J connectivity index is 1.69. The summed E-state index contributed by atoms with van der Waals surface area (Å²) in [6, 6.07) is 2.25. The Labute approximate surface area is 219 Å². The van der Waals surface area contributed by atoms with Crippen molar-refractivity contribution in [3.8, 4) is 6.07 Å². The van der Waals surface area contributed by atoms with Gasteiger partial charge in [-0.25, -0.2) is 0 Å². The molecule has 0 radical (unpaired) electrons. The fourth-order valence-electron chi connectivity index (χ4n) is 10.2. The first-order chi connectivity index (χ1) is 16.6. The number of ketones is 1. The lowest BCUT2D eigenvalue weighted by molar-refractivity contribution is -0.169. The minimum atomic E-state index is -0.517. The normalized spacial score (nSPS) is 45.7.